The first-order chi connectivity index (χ1) is 10.4. The molecule has 2 nitrogen and oxygen atoms in total. The minimum Gasteiger partial charge on any atom is -0.385 e. The summed E-state index contributed by atoms with van der Waals surface area (Å²) in [6.07, 6.45) is -9.26. The minimum absolute atomic E-state index is 0.0230. The van der Waals surface area contributed by atoms with Gasteiger partial charge in [0.1, 0.15) is 0 Å². The van der Waals surface area contributed by atoms with Crippen LogP contribution in [0, 0.1) is 0 Å². The van der Waals surface area contributed by atoms with Crippen LogP contribution in [0.3, 0.4) is 0 Å². The SMILES string of the molecule is CC(C)(O)C(=CC(F)(F)F)SCCSC(=CC(F)(F)F)C(C)(C)O. The van der Waals surface area contributed by atoms with E-state index in [2.05, 4.69) is 0 Å². The van der Waals surface area contributed by atoms with Crippen molar-refractivity contribution >= 4 is 23.5 Å². The molecule has 0 atom stereocenters. The van der Waals surface area contributed by atoms with E-state index in [1.165, 1.54) is 27.7 Å². The summed E-state index contributed by atoms with van der Waals surface area (Å²) < 4.78 is 74.7. The highest BCUT2D eigenvalue weighted by Gasteiger charge is 2.31. The lowest BCUT2D eigenvalue weighted by Gasteiger charge is -2.23. The summed E-state index contributed by atoms with van der Waals surface area (Å²) >= 11 is 1.41. The van der Waals surface area contributed by atoms with Gasteiger partial charge in [-0.1, -0.05) is 0 Å². The van der Waals surface area contributed by atoms with Crippen molar-refractivity contribution in [1.82, 2.24) is 0 Å². The lowest BCUT2D eigenvalue weighted by atomic mass is 10.1. The number of alkyl halides is 6. The molecule has 0 radical (unpaired) electrons. The van der Waals surface area contributed by atoms with Crippen LogP contribution in [0.15, 0.2) is 22.0 Å². The lowest BCUT2D eigenvalue weighted by molar-refractivity contribution is -0.0823. The molecule has 0 aromatic carbocycles. The molecule has 0 rings (SSSR count). The topological polar surface area (TPSA) is 40.5 Å². The van der Waals surface area contributed by atoms with Crippen LogP contribution in [0.25, 0.3) is 0 Å². The summed E-state index contributed by atoms with van der Waals surface area (Å²) in [6, 6.07) is 0. The lowest BCUT2D eigenvalue weighted by Crippen LogP contribution is -2.23. The van der Waals surface area contributed by atoms with Crippen molar-refractivity contribution < 1.29 is 36.6 Å². The average molecular weight is 398 g/mol. The normalized spacial score (nSPS) is 15.8. The van der Waals surface area contributed by atoms with Crippen LogP contribution in [-0.4, -0.2) is 45.3 Å². The maximum absolute atomic E-state index is 12.4. The molecule has 0 aliphatic heterocycles. The predicted molar refractivity (Wildman–Crippen MR) is 85.8 cm³/mol. The number of hydrogen-bond donors (Lipinski definition) is 2. The number of aliphatic hydroxyl groups is 2. The quantitative estimate of drug-likeness (QED) is 0.473. The van der Waals surface area contributed by atoms with Crippen molar-refractivity contribution in [2.45, 2.75) is 51.2 Å². The third kappa shape index (κ3) is 11.3. The molecule has 10 heteroatoms. The number of thioether (sulfide) groups is 2. The molecule has 0 aromatic rings. The second-order valence-electron chi connectivity index (χ2n) is 5.92. The molecule has 0 aliphatic rings. The zero-order valence-electron chi connectivity index (χ0n) is 13.5. The zero-order valence-corrected chi connectivity index (χ0v) is 15.2. The van der Waals surface area contributed by atoms with E-state index in [-0.39, 0.29) is 33.5 Å². The molecule has 0 bridgehead atoms. The molecule has 0 amide bonds. The minimum atomic E-state index is -4.61. The number of rotatable bonds is 7. The first-order valence-electron chi connectivity index (χ1n) is 6.72. The molecule has 0 aromatic heterocycles. The first-order valence-corrected chi connectivity index (χ1v) is 8.69. The summed E-state index contributed by atoms with van der Waals surface area (Å²) in [7, 11) is 0. The van der Waals surface area contributed by atoms with Crippen molar-refractivity contribution in [1.29, 1.82) is 0 Å². The number of halogens is 6. The average Bonchev–Trinajstić information content (AvgIpc) is 2.25. The molecule has 2 N–H and O–H groups in total. The molecule has 0 aliphatic carbocycles. The van der Waals surface area contributed by atoms with Crippen LogP contribution < -0.4 is 0 Å². The molecule has 0 saturated heterocycles. The first kappa shape index (κ1) is 23.7. The van der Waals surface area contributed by atoms with Crippen molar-refractivity contribution in [3.05, 3.63) is 22.0 Å². The standard InChI is InChI=1S/C14H20F6O2S2/c1-11(2,21)9(7-13(15,16)17)23-5-6-24-10(12(3,4)22)8-14(18,19)20/h7-8,21-22H,5-6H2,1-4H3. The Bertz CT molecular complexity index is 424. The van der Waals surface area contributed by atoms with E-state index in [0.717, 1.165) is 0 Å². The van der Waals surface area contributed by atoms with E-state index in [1.54, 1.807) is 0 Å². The van der Waals surface area contributed by atoms with E-state index in [4.69, 9.17) is 0 Å². The van der Waals surface area contributed by atoms with Gasteiger partial charge in [0, 0.05) is 33.5 Å². The Kier molecular flexibility index (Phi) is 8.26. The Labute approximate surface area is 145 Å². The zero-order chi connectivity index (χ0) is 19.4. The van der Waals surface area contributed by atoms with Gasteiger partial charge >= 0.3 is 12.4 Å². The molecule has 0 heterocycles. The van der Waals surface area contributed by atoms with Crippen molar-refractivity contribution in [3.63, 3.8) is 0 Å². The van der Waals surface area contributed by atoms with Crippen molar-refractivity contribution in [3.8, 4) is 0 Å². The van der Waals surface area contributed by atoms with E-state index < -0.39 is 23.6 Å². The van der Waals surface area contributed by atoms with Crippen LogP contribution in [0.1, 0.15) is 27.7 Å². The largest absolute Gasteiger partial charge is 0.410 e. The Morgan fingerprint density at radius 1 is 0.708 bits per heavy atom. The monoisotopic (exact) mass is 398 g/mol. The van der Waals surface area contributed by atoms with Gasteiger partial charge in [-0.25, -0.2) is 0 Å². The number of hydrogen-bond acceptors (Lipinski definition) is 4. The summed E-state index contributed by atoms with van der Waals surface area (Å²) in [5, 5.41) is 19.5. The van der Waals surface area contributed by atoms with Gasteiger partial charge in [-0.05, 0) is 27.7 Å². The smallest absolute Gasteiger partial charge is 0.385 e. The van der Waals surface area contributed by atoms with Crippen LogP contribution >= 0.6 is 23.5 Å². The molecule has 0 saturated carbocycles. The van der Waals surface area contributed by atoms with Gasteiger partial charge in [-0.3, -0.25) is 0 Å². The predicted octanol–water partition coefficient (Wildman–Crippen LogP) is 4.89. The van der Waals surface area contributed by atoms with Crippen LogP contribution in [0.2, 0.25) is 0 Å². The molecule has 0 spiro atoms. The van der Waals surface area contributed by atoms with Crippen LogP contribution in [0.5, 0.6) is 0 Å². The van der Waals surface area contributed by atoms with E-state index in [0.29, 0.717) is 23.5 Å². The van der Waals surface area contributed by atoms with Crippen LogP contribution in [0.4, 0.5) is 26.3 Å². The van der Waals surface area contributed by atoms with E-state index in [9.17, 15) is 36.6 Å². The van der Waals surface area contributed by atoms with Crippen molar-refractivity contribution in [2.24, 2.45) is 0 Å². The van der Waals surface area contributed by atoms with Crippen molar-refractivity contribution in [2.75, 3.05) is 11.5 Å². The maximum Gasteiger partial charge on any atom is 0.410 e. The molecule has 0 unspecified atom stereocenters. The fourth-order valence-corrected chi connectivity index (χ4v) is 3.64. The van der Waals surface area contributed by atoms with Gasteiger partial charge in [0.15, 0.2) is 0 Å². The van der Waals surface area contributed by atoms with E-state index >= 15 is 0 Å². The highest BCUT2D eigenvalue weighted by Crippen LogP contribution is 2.36. The highest BCUT2D eigenvalue weighted by molar-refractivity contribution is 8.06. The number of allylic oxidation sites excluding steroid dienone is 2. The molecule has 142 valence electrons. The third-order valence-electron chi connectivity index (χ3n) is 2.39. The Hall–Kier alpha value is -0.320. The molecular formula is C14H20F6O2S2. The molecular weight excluding hydrogens is 378 g/mol. The summed E-state index contributed by atoms with van der Waals surface area (Å²) in [5.41, 5.74) is -3.43. The fraction of sp³-hybridized carbons (Fsp3) is 0.714. The maximum atomic E-state index is 12.4. The van der Waals surface area contributed by atoms with Gasteiger partial charge in [-0.15, -0.1) is 23.5 Å². The van der Waals surface area contributed by atoms with Gasteiger partial charge in [-0.2, -0.15) is 26.3 Å². The van der Waals surface area contributed by atoms with Gasteiger partial charge in [0.05, 0.1) is 11.2 Å². The van der Waals surface area contributed by atoms with Gasteiger partial charge in [0.25, 0.3) is 0 Å². The second kappa shape index (κ2) is 8.37. The third-order valence-corrected chi connectivity index (χ3v) is 5.33. The Morgan fingerprint density at radius 3 is 1.12 bits per heavy atom. The Morgan fingerprint density at radius 2 is 0.958 bits per heavy atom. The summed E-state index contributed by atoms with van der Waals surface area (Å²) in [6.45, 7) is 4.76. The second-order valence-corrected chi connectivity index (χ2v) is 8.19. The van der Waals surface area contributed by atoms with E-state index in [1.807, 2.05) is 0 Å². The van der Waals surface area contributed by atoms with Gasteiger partial charge in [0.2, 0.25) is 0 Å². The molecule has 0 fully saturated rings. The Balaban J connectivity index is 4.90. The highest BCUT2D eigenvalue weighted by atomic mass is 32.2. The molecule has 24 heavy (non-hydrogen) atoms. The van der Waals surface area contributed by atoms with Crippen LogP contribution in [-0.2, 0) is 0 Å². The van der Waals surface area contributed by atoms with Gasteiger partial charge < -0.3 is 10.2 Å². The summed E-state index contributed by atoms with van der Waals surface area (Å²) in [4.78, 5) is -0.666. The fourth-order valence-electron chi connectivity index (χ4n) is 1.39. The summed E-state index contributed by atoms with van der Waals surface area (Å²) in [5.74, 6) is 0.0592.